The number of hydrogen-bond donors (Lipinski definition) is 1. The van der Waals surface area contributed by atoms with Gasteiger partial charge in [-0.05, 0) is 37.6 Å². The third-order valence-corrected chi connectivity index (χ3v) is 3.63. The van der Waals surface area contributed by atoms with Gasteiger partial charge in [-0.15, -0.1) is 0 Å². The third kappa shape index (κ3) is 3.34. The summed E-state index contributed by atoms with van der Waals surface area (Å²) >= 11 is 0. The first-order valence-corrected chi connectivity index (χ1v) is 7.47. The van der Waals surface area contributed by atoms with Gasteiger partial charge < -0.3 is 10.2 Å². The SMILES string of the molecule is Cc1cccc(N2C=CC(=N[C@@H](C)c3ccccc3)NC2)n1. The summed E-state index contributed by atoms with van der Waals surface area (Å²) in [6.45, 7) is 4.78. The minimum atomic E-state index is 0.136. The molecule has 4 nitrogen and oxygen atoms in total. The van der Waals surface area contributed by atoms with Gasteiger partial charge in [0.2, 0.25) is 0 Å². The Balaban J connectivity index is 1.72. The molecule has 22 heavy (non-hydrogen) atoms. The second kappa shape index (κ2) is 6.43. The Labute approximate surface area is 131 Å². The van der Waals surface area contributed by atoms with E-state index in [0.717, 1.165) is 17.3 Å². The van der Waals surface area contributed by atoms with Gasteiger partial charge in [0, 0.05) is 11.9 Å². The van der Waals surface area contributed by atoms with Crippen molar-refractivity contribution in [2.45, 2.75) is 19.9 Å². The number of aromatic nitrogens is 1. The van der Waals surface area contributed by atoms with Crippen LogP contribution >= 0.6 is 0 Å². The highest BCUT2D eigenvalue weighted by Crippen LogP contribution is 2.17. The summed E-state index contributed by atoms with van der Waals surface area (Å²) in [6.07, 6.45) is 4.02. The van der Waals surface area contributed by atoms with E-state index >= 15 is 0 Å². The van der Waals surface area contributed by atoms with Crippen LogP contribution in [0.2, 0.25) is 0 Å². The average molecular weight is 292 g/mol. The van der Waals surface area contributed by atoms with E-state index < -0.39 is 0 Å². The molecule has 1 aromatic carbocycles. The van der Waals surface area contributed by atoms with Crippen molar-refractivity contribution >= 4 is 11.7 Å². The molecule has 1 N–H and O–H groups in total. The quantitative estimate of drug-likeness (QED) is 0.942. The summed E-state index contributed by atoms with van der Waals surface area (Å²) < 4.78 is 0. The van der Waals surface area contributed by atoms with Gasteiger partial charge in [-0.2, -0.15) is 0 Å². The summed E-state index contributed by atoms with van der Waals surface area (Å²) in [4.78, 5) is 11.3. The lowest BCUT2D eigenvalue weighted by atomic mass is 10.1. The zero-order chi connectivity index (χ0) is 15.4. The van der Waals surface area contributed by atoms with E-state index in [1.54, 1.807) is 0 Å². The van der Waals surface area contributed by atoms with Gasteiger partial charge in [-0.1, -0.05) is 36.4 Å². The Bertz CT molecular complexity index is 691. The standard InChI is InChI=1S/C18H20N4/c1-14-7-6-10-18(20-14)22-12-11-17(19-13-22)21-15(2)16-8-4-3-5-9-16/h3-12,15H,13H2,1-2H3,(H,19,21)/t15-/m0/s1. The molecule has 0 unspecified atom stereocenters. The highest BCUT2D eigenvalue weighted by Gasteiger charge is 2.11. The molecule has 0 spiro atoms. The number of hydrogen-bond acceptors (Lipinski definition) is 3. The molecular formula is C18H20N4. The summed E-state index contributed by atoms with van der Waals surface area (Å²) in [5.74, 6) is 1.85. The number of nitrogens with one attached hydrogen (secondary N) is 1. The van der Waals surface area contributed by atoms with E-state index in [-0.39, 0.29) is 6.04 Å². The average Bonchev–Trinajstić information content (AvgIpc) is 2.56. The van der Waals surface area contributed by atoms with Gasteiger partial charge in [-0.3, -0.25) is 4.99 Å². The number of nitrogens with zero attached hydrogens (tertiary/aromatic N) is 3. The molecule has 0 saturated carbocycles. The molecule has 2 aromatic rings. The zero-order valence-electron chi connectivity index (χ0n) is 12.9. The summed E-state index contributed by atoms with van der Waals surface area (Å²) in [6, 6.07) is 16.5. The molecule has 0 amide bonds. The van der Waals surface area contributed by atoms with E-state index in [0.29, 0.717) is 6.67 Å². The Kier molecular flexibility index (Phi) is 4.19. The minimum Gasteiger partial charge on any atom is -0.353 e. The van der Waals surface area contributed by atoms with Crippen molar-refractivity contribution < 1.29 is 0 Å². The van der Waals surface area contributed by atoms with E-state index in [9.17, 15) is 0 Å². The van der Waals surface area contributed by atoms with Crippen molar-refractivity contribution in [1.82, 2.24) is 10.3 Å². The van der Waals surface area contributed by atoms with Crippen molar-refractivity contribution in [2.75, 3.05) is 11.6 Å². The molecular weight excluding hydrogens is 272 g/mol. The largest absolute Gasteiger partial charge is 0.353 e. The molecule has 1 atom stereocenters. The topological polar surface area (TPSA) is 40.5 Å². The number of pyridine rings is 1. The van der Waals surface area contributed by atoms with Crippen LogP contribution in [0.1, 0.15) is 24.2 Å². The number of benzene rings is 1. The Morgan fingerprint density at radius 1 is 1.14 bits per heavy atom. The molecule has 4 heteroatoms. The summed E-state index contributed by atoms with van der Waals surface area (Å²) in [7, 11) is 0. The van der Waals surface area contributed by atoms with Gasteiger partial charge >= 0.3 is 0 Å². The minimum absolute atomic E-state index is 0.136. The first kappa shape index (κ1) is 14.3. The van der Waals surface area contributed by atoms with Crippen molar-refractivity contribution in [1.29, 1.82) is 0 Å². The molecule has 0 radical (unpaired) electrons. The van der Waals surface area contributed by atoms with Crippen LogP contribution in [-0.4, -0.2) is 17.5 Å². The molecule has 1 aromatic heterocycles. The molecule has 2 heterocycles. The number of anilines is 1. The van der Waals surface area contributed by atoms with Crippen LogP contribution in [0.4, 0.5) is 5.82 Å². The van der Waals surface area contributed by atoms with Gasteiger partial charge in [0.1, 0.15) is 11.7 Å². The third-order valence-electron chi connectivity index (χ3n) is 3.63. The lowest BCUT2D eigenvalue weighted by molar-refractivity contribution is 0.783. The van der Waals surface area contributed by atoms with Crippen LogP contribution < -0.4 is 10.2 Å². The van der Waals surface area contributed by atoms with E-state index in [4.69, 9.17) is 4.99 Å². The van der Waals surface area contributed by atoms with Crippen molar-refractivity contribution in [3.05, 3.63) is 72.1 Å². The highest BCUT2D eigenvalue weighted by atomic mass is 15.3. The number of aryl methyl sites for hydroxylation is 1. The van der Waals surface area contributed by atoms with E-state index in [2.05, 4.69) is 34.3 Å². The van der Waals surface area contributed by atoms with Crippen molar-refractivity contribution in [3.8, 4) is 0 Å². The fourth-order valence-electron chi connectivity index (χ4n) is 2.39. The second-order valence-corrected chi connectivity index (χ2v) is 5.36. The maximum atomic E-state index is 4.72. The monoisotopic (exact) mass is 292 g/mol. The molecule has 0 fully saturated rings. The first-order valence-electron chi connectivity index (χ1n) is 7.47. The lowest BCUT2D eigenvalue weighted by Crippen LogP contribution is -2.38. The van der Waals surface area contributed by atoms with Crippen LogP contribution in [0, 0.1) is 6.92 Å². The Morgan fingerprint density at radius 2 is 1.95 bits per heavy atom. The predicted octanol–water partition coefficient (Wildman–Crippen LogP) is 3.43. The molecule has 0 bridgehead atoms. The molecule has 112 valence electrons. The van der Waals surface area contributed by atoms with Crippen molar-refractivity contribution in [2.24, 2.45) is 4.99 Å². The summed E-state index contributed by atoms with van der Waals surface area (Å²) in [5.41, 5.74) is 2.23. The fourth-order valence-corrected chi connectivity index (χ4v) is 2.39. The highest BCUT2D eigenvalue weighted by molar-refractivity contribution is 5.94. The van der Waals surface area contributed by atoms with Crippen LogP contribution in [0.3, 0.4) is 0 Å². The smallest absolute Gasteiger partial charge is 0.134 e. The predicted molar refractivity (Wildman–Crippen MR) is 90.9 cm³/mol. The fraction of sp³-hybridized carbons (Fsp3) is 0.222. The normalized spacial score (nSPS) is 17.4. The second-order valence-electron chi connectivity index (χ2n) is 5.36. The van der Waals surface area contributed by atoms with Crippen LogP contribution in [0.5, 0.6) is 0 Å². The number of amidine groups is 1. The maximum Gasteiger partial charge on any atom is 0.134 e. The van der Waals surface area contributed by atoms with Crippen molar-refractivity contribution in [3.63, 3.8) is 0 Å². The van der Waals surface area contributed by atoms with Crippen LogP contribution in [-0.2, 0) is 0 Å². The lowest BCUT2D eigenvalue weighted by Gasteiger charge is -2.25. The van der Waals surface area contributed by atoms with E-state index in [1.807, 2.05) is 55.6 Å². The maximum absolute atomic E-state index is 4.72. The first-order chi connectivity index (χ1) is 10.7. The molecule has 1 aliphatic heterocycles. The Morgan fingerprint density at radius 3 is 2.64 bits per heavy atom. The zero-order valence-corrected chi connectivity index (χ0v) is 12.9. The van der Waals surface area contributed by atoms with Gasteiger partial charge in [0.25, 0.3) is 0 Å². The molecule has 3 rings (SSSR count). The van der Waals surface area contributed by atoms with Gasteiger partial charge in [0.15, 0.2) is 0 Å². The molecule has 0 aliphatic carbocycles. The Hall–Kier alpha value is -2.62. The molecule has 0 saturated heterocycles. The number of aliphatic imine (C=N–C) groups is 1. The number of rotatable bonds is 3. The van der Waals surface area contributed by atoms with Crippen LogP contribution in [0.15, 0.2) is 65.8 Å². The van der Waals surface area contributed by atoms with Gasteiger partial charge in [-0.25, -0.2) is 4.98 Å². The molecule has 1 aliphatic rings. The van der Waals surface area contributed by atoms with Crippen LogP contribution in [0.25, 0.3) is 0 Å². The van der Waals surface area contributed by atoms with Gasteiger partial charge in [0.05, 0.1) is 12.7 Å². The van der Waals surface area contributed by atoms with E-state index in [1.165, 1.54) is 5.56 Å². The summed E-state index contributed by atoms with van der Waals surface area (Å²) in [5, 5.41) is 3.34.